The summed E-state index contributed by atoms with van der Waals surface area (Å²) in [5, 5.41) is 3.63. The van der Waals surface area contributed by atoms with Crippen molar-refractivity contribution in [1.82, 2.24) is 19.8 Å². The van der Waals surface area contributed by atoms with Crippen molar-refractivity contribution < 1.29 is 17.9 Å². The fraction of sp³-hybridized carbons (Fsp3) is 0.483. The lowest BCUT2D eigenvalue weighted by atomic mass is 10.2. The molecular weight excluding hydrogens is 579 g/mol. The first kappa shape index (κ1) is 28.8. The first-order valence-corrected chi connectivity index (χ1v) is 17.4. The molecule has 2 saturated heterocycles. The number of rotatable bonds is 12. The molecule has 0 amide bonds. The Labute approximate surface area is 249 Å². The van der Waals surface area contributed by atoms with Gasteiger partial charge in [-0.3, -0.25) is 14.1 Å². The number of aromatic nitrogens is 2. The molecule has 2 aliphatic rings. The van der Waals surface area contributed by atoms with Crippen LogP contribution in [0.25, 0.3) is 21.6 Å². The van der Waals surface area contributed by atoms with E-state index in [1.807, 2.05) is 31.3 Å². The van der Waals surface area contributed by atoms with E-state index >= 15 is 0 Å². The summed E-state index contributed by atoms with van der Waals surface area (Å²) < 4.78 is 40.4. The zero-order chi connectivity index (χ0) is 28.2. The zero-order valence-electron chi connectivity index (χ0n) is 23.3. The minimum absolute atomic E-state index is 0.226. The molecule has 0 spiro atoms. The maximum absolute atomic E-state index is 13.7. The lowest BCUT2D eigenvalue weighted by molar-refractivity contribution is 0.0491. The number of benzene rings is 1. The smallest absolute Gasteiger partial charge is 0.273 e. The van der Waals surface area contributed by atoms with Crippen LogP contribution in [0.2, 0.25) is 0 Å². The molecule has 4 aromatic rings. The number of thiophene rings is 1. The number of piperazine rings is 1. The van der Waals surface area contributed by atoms with Crippen LogP contribution >= 0.6 is 22.7 Å². The number of para-hydroxylation sites is 1. The molecule has 3 aromatic heterocycles. The second kappa shape index (κ2) is 12.9. The van der Waals surface area contributed by atoms with Crippen LogP contribution in [0.5, 0.6) is 0 Å². The third-order valence-corrected chi connectivity index (χ3v) is 11.9. The van der Waals surface area contributed by atoms with Crippen molar-refractivity contribution in [3.8, 4) is 10.7 Å². The van der Waals surface area contributed by atoms with Gasteiger partial charge in [0.2, 0.25) is 0 Å². The monoisotopic (exact) mass is 615 g/mol. The molecule has 0 saturated carbocycles. The van der Waals surface area contributed by atoms with Crippen molar-refractivity contribution in [2.75, 3.05) is 63.4 Å². The molecule has 0 aliphatic carbocycles. The van der Waals surface area contributed by atoms with E-state index in [2.05, 4.69) is 20.9 Å². The van der Waals surface area contributed by atoms with Gasteiger partial charge < -0.3 is 14.5 Å². The van der Waals surface area contributed by atoms with Crippen LogP contribution in [0.15, 0.2) is 52.2 Å². The lowest BCUT2D eigenvalue weighted by Gasteiger charge is -2.35. The van der Waals surface area contributed by atoms with E-state index in [1.165, 1.54) is 33.4 Å². The van der Waals surface area contributed by atoms with E-state index in [4.69, 9.17) is 14.5 Å². The highest BCUT2D eigenvalue weighted by molar-refractivity contribution is 7.94. The number of H-pyrrole nitrogens is 1. The van der Waals surface area contributed by atoms with E-state index in [-0.39, 0.29) is 6.54 Å². The number of anilines is 1. The average molecular weight is 616 g/mol. The predicted molar refractivity (Wildman–Crippen MR) is 165 cm³/mol. The molecule has 12 heteroatoms. The Balaban J connectivity index is 1.18. The van der Waals surface area contributed by atoms with Crippen LogP contribution in [0, 0.1) is 0 Å². The summed E-state index contributed by atoms with van der Waals surface area (Å²) in [6.07, 6.45) is 4.77. The van der Waals surface area contributed by atoms with E-state index in [9.17, 15) is 8.42 Å². The fourth-order valence-electron chi connectivity index (χ4n) is 5.58. The van der Waals surface area contributed by atoms with E-state index in [0.29, 0.717) is 29.2 Å². The maximum Gasteiger partial charge on any atom is 0.273 e. The standard InChI is InChI=1S/C29H37N5O4S3/c1-2-37-16-14-34(41(35,36)27-9-5-17-39-27)26-8-3-6-22-18-25(31-28(22)26)29-30-19-24(40-29)21-33-12-10-32(11-13-33)20-23-7-4-15-38-23/h3,5-6,8-9,17-19,23,31H,2,4,7,10-16,20-21H2,1H3. The minimum atomic E-state index is -3.74. The van der Waals surface area contributed by atoms with Gasteiger partial charge >= 0.3 is 0 Å². The molecule has 1 N–H and O–H groups in total. The van der Waals surface area contributed by atoms with E-state index < -0.39 is 10.0 Å². The number of sulfonamides is 1. The average Bonchev–Trinajstić information content (AvgIpc) is 3.79. The van der Waals surface area contributed by atoms with Gasteiger partial charge in [0.15, 0.2) is 0 Å². The number of thiazole rings is 1. The van der Waals surface area contributed by atoms with Gasteiger partial charge in [0.25, 0.3) is 10.0 Å². The van der Waals surface area contributed by atoms with Gasteiger partial charge in [0.1, 0.15) is 9.22 Å². The molecule has 9 nitrogen and oxygen atoms in total. The topological polar surface area (TPSA) is 91.0 Å². The summed E-state index contributed by atoms with van der Waals surface area (Å²) in [4.78, 5) is 14.5. The van der Waals surface area contributed by atoms with Crippen molar-refractivity contribution in [2.24, 2.45) is 0 Å². The van der Waals surface area contributed by atoms with E-state index in [1.54, 1.807) is 28.8 Å². The summed E-state index contributed by atoms with van der Waals surface area (Å²) >= 11 is 2.91. The molecule has 1 aromatic carbocycles. The highest BCUT2D eigenvalue weighted by Gasteiger charge is 2.28. The number of nitrogens with zero attached hydrogens (tertiary/aromatic N) is 4. The predicted octanol–water partition coefficient (Wildman–Crippen LogP) is 4.88. The van der Waals surface area contributed by atoms with Crippen LogP contribution in [-0.2, 0) is 26.0 Å². The highest BCUT2D eigenvalue weighted by Crippen LogP contribution is 2.35. The van der Waals surface area contributed by atoms with Crippen LogP contribution in [0.4, 0.5) is 5.69 Å². The molecule has 1 unspecified atom stereocenters. The lowest BCUT2D eigenvalue weighted by Crippen LogP contribution is -2.47. The largest absolute Gasteiger partial charge is 0.380 e. The Bertz CT molecular complexity index is 1520. The summed E-state index contributed by atoms with van der Waals surface area (Å²) in [7, 11) is -3.74. The third kappa shape index (κ3) is 6.53. The molecular formula is C29H37N5O4S3. The summed E-state index contributed by atoms with van der Waals surface area (Å²) in [6.45, 7) is 10.1. The van der Waals surface area contributed by atoms with Crippen LogP contribution in [0.3, 0.4) is 0 Å². The zero-order valence-corrected chi connectivity index (χ0v) is 25.8. The molecule has 5 heterocycles. The van der Waals surface area contributed by atoms with Gasteiger partial charge in [-0.05, 0) is 43.3 Å². The Morgan fingerprint density at radius 1 is 1.17 bits per heavy atom. The highest BCUT2D eigenvalue weighted by atomic mass is 32.2. The molecule has 41 heavy (non-hydrogen) atoms. The van der Waals surface area contributed by atoms with Crippen molar-refractivity contribution in [3.63, 3.8) is 0 Å². The Kier molecular flexibility index (Phi) is 9.06. The Hall–Kier alpha value is -2.32. The number of aromatic amines is 1. The van der Waals surface area contributed by atoms with Gasteiger partial charge in [-0.1, -0.05) is 18.2 Å². The first-order chi connectivity index (χ1) is 20.0. The van der Waals surface area contributed by atoms with Crippen molar-refractivity contribution in [2.45, 2.75) is 36.6 Å². The quantitative estimate of drug-likeness (QED) is 0.227. The number of hydrogen-bond acceptors (Lipinski definition) is 9. The molecule has 1 atom stereocenters. The summed E-state index contributed by atoms with van der Waals surface area (Å²) in [6, 6.07) is 11.2. The molecule has 0 bridgehead atoms. The number of fused-ring (bicyclic) bond motifs is 1. The Morgan fingerprint density at radius 3 is 2.78 bits per heavy atom. The number of ether oxygens (including phenoxy) is 2. The molecule has 2 aliphatic heterocycles. The normalized spacial score (nSPS) is 18.9. The Morgan fingerprint density at radius 2 is 2.02 bits per heavy atom. The van der Waals surface area contributed by atoms with Crippen molar-refractivity contribution in [1.29, 1.82) is 0 Å². The number of nitrogens with one attached hydrogen (secondary N) is 1. The SMILES string of the molecule is CCOCCN(c1cccc2cc(-c3ncc(CN4CCN(CC5CCCO5)CC4)s3)[nH]c12)S(=O)(=O)c1cccs1. The molecule has 6 rings (SSSR count). The fourth-order valence-corrected chi connectivity index (χ4v) is 9.07. The first-order valence-electron chi connectivity index (χ1n) is 14.3. The summed E-state index contributed by atoms with van der Waals surface area (Å²) in [5.74, 6) is 0. The second-order valence-electron chi connectivity index (χ2n) is 10.5. The molecule has 2 fully saturated rings. The van der Waals surface area contributed by atoms with Gasteiger partial charge in [0, 0.05) is 68.9 Å². The number of hydrogen-bond donors (Lipinski definition) is 1. The summed E-state index contributed by atoms with van der Waals surface area (Å²) in [5.41, 5.74) is 2.28. The van der Waals surface area contributed by atoms with Gasteiger partial charge in [0.05, 0.1) is 36.2 Å². The van der Waals surface area contributed by atoms with Gasteiger partial charge in [-0.25, -0.2) is 13.4 Å². The van der Waals surface area contributed by atoms with Crippen molar-refractivity contribution in [3.05, 3.63) is 52.9 Å². The molecule has 220 valence electrons. The minimum Gasteiger partial charge on any atom is -0.380 e. The second-order valence-corrected chi connectivity index (χ2v) is 14.6. The van der Waals surface area contributed by atoms with Gasteiger partial charge in [-0.2, -0.15) is 0 Å². The maximum atomic E-state index is 13.7. The van der Waals surface area contributed by atoms with Crippen LogP contribution in [0.1, 0.15) is 24.6 Å². The van der Waals surface area contributed by atoms with Crippen LogP contribution in [-0.4, -0.2) is 93.4 Å². The molecule has 0 radical (unpaired) electrons. The van der Waals surface area contributed by atoms with Crippen LogP contribution < -0.4 is 4.31 Å². The van der Waals surface area contributed by atoms with Gasteiger partial charge in [-0.15, -0.1) is 22.7 Å². The van der Waals surface area contributed by atoms with Crippen molar-refractivity contribution >= 4 is 49.3 Å². The third-order valence-electron chi connectivity index (χ3n) is 7.70. The van der Waals surface area contributed by atoms with E-state index in [0.717, 1.165) is 67.5 Å².